The largest absolute Gasteiger partial charge is 0.487 e. The Bertz CT molecular complexity index is 2130. The maximum absolute atomic E-state index is 11.8. The smallest absolute Gasteiger partial charge is 0.217 e. The van der Waals surface area contributed by atoms with E-state index in [1.165, 1.54) is 37.8 Å². The van der Waals surface area contributed by atoms with Crippen LogP contribution in [0.3, 0.4) is 0 Å². The summed E-state index contributed by atoms with van der Waals surface area (Å²) in [7, 11) is 0. The molecule has 4 fully saturated rings. The van der Waals surface area contributed by atoms with Gasteiger partial charge in [-0.1, -0.05) is 72.8 Å². The van der Waals surface area contributed by atoms with Gasteiger partial charge in [0.25, 0.3) is 0 Å². The van der Waals surface area contributed by atoms with E-state index in [0.717, 1.165) is 111 Å². The third-order valence-electron chi connectivity index (χ3n) is 15.2. The van der Waals surface area contributed by atoms with Gasteiger partial charge in [-0.2, -0.15) is 0 Å². The van der Waals surface area contributed by atoms with Crippen LogP contribution in [0.25, 0.3) is 0 Å². The summed E-state index contributed by atoms with van der Waals surface area (Å²) in [4.78, 5) is 23.7. The fraction of sp³-hybridized carbons (Fsp3) is 0.536. The lowest BCUT2D eigenvalue weighted by atomic mass is 9.72. The molecule has 2 saturated heterocycles. The Morgan fingerprint density at radius 3 is 1.34 bits per heavy atom. The Kier molecular flexibility index (Phi) is 15.5. The second kappa shape index (κ2) is 21.9. The number of aliphatic hydroxyl groups excluding tert-OH is 2. The molecule has 4 heterocycles. The number of carbonyl (C=O) groups is 2. The molecule has 364 valence electrons. The van der Waals surface area contributed by atoms with Gasteiger partial charge in [0.2, 0.25) is 11.8 Å². The van der Waals surface area contributed by atoms with E-state index in [4.69, 9.17) is 18.9 Å². The molecule has 0 radical (unpaired) electrons. The Labute approximate surface area is 402 Å². The van der Waals surface area contributed by atoms with Crippen LogP contribution in [0.5, 0.6) is 11.5 Å². The maximum Gasteiger partial charge on any atom is 0.217 e. The zero-order valence-corrected chi connectivity index (χ0v) is 39.9. The molecule has 2 amide bonds. The van der Waals surface area contributed by atoms with Gasteiger partial charge in [0.1, 0.15) is 22.7 Å². The minimum atomic E-state index is -0.714. The van der Waals surface area contributed by atoms with Crippen LogP contribution in [0.2, 0.25) is 0 Å². The molecule has 2 saturated carbocycles. The summed E-state index contributed by atoms with van der Waals surface area (Å²) in [5.41, 5.74) is 6.70. The van der Waals surface area contributed by atoms with Gasteiger partial charge in [-0.15, -0.1) is 0 Å². The van der Waals surface area contributed by atoms with Crippen LogP contribution in [-0.2, 0) is 31.9 Å². The van der Waals surface area contributed by atoms with Gasteiger partial charge in [0.15, 0.2) is 0 Å². The first-order chi connectivity index (χ1) is 33.0. The van der Waals surface area contributed by atoms with E-state index in [1.54, 1.807) is 0 Å². The topological polar surface area (TPSA) is 160 Å². The number of carbonyl (C=O) groups excluding carboxylic acids is 2. The quantitative estimate of drug-likeness (QED) is 0.0651. The van der Waals surface area contributed by atoms with E-state index in [9.17, 15) is 19.8 Å². The van der Waals surface area contributed by atoms with Crippen molar-refractivity contribution in [2.45, 2.75) is 164 Å². The predicted octanol–water partition coefficient (Wildman–Crippen LogP) is 7.96. The van der Waals surface area contributed by atoms with Crippen LogP contribution in [0.4, 0.5) is 0 Å². The monoisotopic (exact) mass is 929 g/mol. The minimum absolute atomic E-state index is 0.0924. The molecular formula is C56H72N4O8. The lowest BCUT2D eigenvalue weighted by molar-refractivity contribution is -0.121. The van der Waals surface area contributed by atoms with Crippen LogP contribution in [-0.4, -0.2) is 83.8 Å². The molecule has 68 heavy (non-hydrogen) atoms. The van der Waals surface area contributed by atoms with Crippen LogP contribution in [0.1, 0.15) is 149 Å². The van der Waals surface area contributed by atoms with Crippen LogP contribution >= 0.6 is 0 Å². The van der Waals surface area contributed by atoms with Crippen LogP contribution in [0, 0.1) is 0 Å². The highest BCUT2D eigenvalue weighted by molar-refractivity contribution is 5.73. The average molecular weight is 929 g/mol. The van der Waals surface area contributed by atoms with E-state index in [0.29, 0.717) is 25.9 Å². The Hall–Kier alpha value is -4.82. The van der Waals surface area contributed by atoms with E-state index >= 15 is 0 Å². The molecule has 12 nitrogen and oxygen atoms in total. The van der Waals surface area contributed by atoms with Gasteiger partial charge in [0, 0.05) is 76.2 Å². The van der Waals surface area contributed by atoms with E-state index < -0.39 is 12.2 Å². The summed E-state index contributed by atoms with van der Waals surface area (Å²) >= 11 is 0. The molecule has 12 heteroatoms. The molecular weight excluding hydrogens is 857 g/mol. The lowest BCUT2D eigenvalue weighted by Crippen LogP contribution is -2.52. The summed E-state index contributed by atoms with van der Waals surface area (Å²) in [6, 6.07) is 32.4. The molecule has 10 rings (SSSR count). The summed E-state index contributed by atoms with van der Waals surface area (Å²) in [6.07, 6.45) is 12.8. The highest BCUT2D eigenvalue weighted by Gasteiger charge is 2.47. The van der Waals surface area contributed by atoms with Gasteiger partial charge >= 0.3 is 0 Å². The Morgan fingerprint density at radius 2 is 1.00 bits per heavy atom. The van der Waals surface area contributed by atoms with Crippen molar-refractivity contribution >= 4 is 11.8 Å². The maximum atomic E-state index is 11.8. The number of benzene rings is 4. The molecule has 6 N–H and O–H groups in total. The highest BCUT2D eigenvalue weighted by atomic mass is 16.5. The van der Waals surface area contributed by atoms with Crippen molar-refractivity contribution in [3.8, 4) is 11.5 Å². The Morgan fingerprint density at radius 1 is 0.588 bits per heavy atom. The van der Waals surface area contributed by atoms with Crippen LogP contribution in [0.15, 0.2) is 97.1 Å². The number of fused-ring (bicyclic) bond motifs is 2. The summed E-state index contributed by atoms with van der Waals surface area (Å²) in [6.45, 7) is 5.42. The number of amides is 2. The number of nitrogens with one attached hydrogen (secondary N) is 4. The number of hydrogen-bond donors (Lipinski definition) is 6. The molecule has 2 aliphatic carbocycles. The van der Waals surface area contributed by atoms with Crippen molar-refractivity contribution < 1.29 is 38.7 Å². The lowest BCUT2D eigenvalue weighted by Gasteiger charge is -2.48. The molecule has 8 atom stereocenters. The molecule has 2 spiro atoms. The number of rotatable bonds is 16. The first kappa shape index (κ1) is 48.2. The zero-order valence-electron chi connectivity index (χ0n) is 39.9. The Balaban J connectivity index is 0.000000170. The van der Waals surface area contributed by atoms with Gasteiger partial charge in [-0.05, 0) is 124 Å². The fourth-order valence-corrected chi connectivity index (χ4v) is 11.2. The third kappa shape index (κ3) is 11.8. The van der Waals surface area contributed by atoms with E-state index in [-0.39, 0.29) is 59.4 Å². The number of hydrogen-bond acceptors (Lipinski definition) is 10. The average Bonchev–Trinajstić information content (AvgIpc) is 4.08. The van der Waals surface area contributed by atoms with Crippen molar-refractivity contribution in [2.75, 3.05) is 26.3 Å². The van der Waals surface area contributed by atoms with Crippen molar-refractivity contribution in [2.24, 2.45) is 0 Å². The van der Waals surface area contributed by atoms with E-state index in [2.05, 4.69) is 57.7 Å². The van der Waals surface area contributed by atoms with Crippen molar-refractivity contribution in [1.82, 2.24) is 21.3 Å². The van der Waals surface area contributed by atoms with Crippen molar-refractivity contribution in [3.05, 3.63) is 130 Å². The molecule has 0 aromatic heterocycles. The number of aliphatic hydroxyl groups is 2. The summed E-state index contributed by atoms with van der Waals surface area (Å²) < 4.78 is 24.8. The summed E-state index contributed by atoms with van der Waals surface area (Å²) in [5, 5.41) is 35.4. The third-order valence-corrected chi connectivity index (χ3v) is 15.2. The second-order valence-corrected chi connectivity index (χ2v) is 20.3. The molecule has 0 bridgehead atoms. The second-order valence-electron chi connectivity index (χ2n) is 20.3. The highest BCUT2D eigenvalue weighted by Crippen LogP contribution is 2.51. The fourth-order valence-electron chi connectivity index (χ4n) is 11.2. The van der Waals surface area contributed by atoms with Crippen molar-refractivity contribution in [3.63, 3.8) is 0 Å². The van der Waals surface area contributed by atoms with Gasteiger partial charge in [-0.3, -0.25) is 9.59 Å². The normalized spacial score (nSPS) is 24.5. The van der Waals surface area contributed by atoms with Gasteiger partial charge in [0.05, 0.1) is 36.5 Å². The number of ether oxygens (including phenoxy) is 4. The van der Waals surface area contributed by atoms with Gasteiger partial charge < -0.3 is 50.4 Å². The van der Waals surface area contributed by atoms with Gasteiger partial charge in [-0.25, -0.2) is 0 Å². The van der Waals surface area contributed by atoms with Crippen LogP contribution < -0.4 is 30.7 Å². The predicted molar refractivity (Wildman–Crippen MR) is 261 cm³/mol. The first-order valence-corrected chi connectivity index (χ1v) is 25.4. The summed E-state index contributed by atoms with van der Waals surface area (Å²) in [5.74, 6) is 1.63. The molecule has 4 aliphatic heterocycles. The molecule has 4 aromatic carbocycles. The molecule has 0 unspecified atom stereocenters. The zero-order chi connectivity index (χ0) is 47.1. The van der Waals surface area contributed by atoms with Crippen molar-refractivity contribution in [1.29, 1.82) is 0 Å². The SMILES string of the molecule is CC(=O)N[C@@H](Cc1ccccc1)[C@H](O)CN[C@H]1CC2(CCC2)Oc2ccc([C@@H]3CCCO3)cc21.CC(=O)N[C@@H](Cc1ccccc1)[C@H](O)CN[C@H]1CC2(CCC2)Oc2ccc([C@H]3CCCO3)cc21. The molecule has 6 aliphatic rings. The first-order valence-electron chi connectivity index (χ1n) is 25.4. The van der Waals surface area contributed by atoms with E-state index in [1.807, 2.05) is 60.7 Å². The standard InChI is InChI=1S/2C28H36N2O4/c2*1-19(31)30-23(15-20-7-3-2-4-8-20)25(32)18-29-24-17-28(12-6-13-28)34-27-11-10-21(16-22(24)27)26-9-5-14-33-26/h2*2-4,7-8,10-11,16,23-26,29,32H,5-6,9,12-15,17-18H2,1H3,(H,30,31)/t23-,24-,25+,26+;23-,24-,25+,26-/m00/s1. The molecule has 4 aromatic rings. The minimum Gasteiger partial charge on any atom is -0.487 e.